The van der Waals surface area contributed by atoms with Gasteiger partial charge < -0.3 is 5.11 Å². The third kappa shape index (κ3) is 14.3. The number of unbranched alkanes of at least 4 members (excludes halogenated alkanes) is 4. The Hall–Kier alpha value is -1.12. The molecular formula is C34H51Cl2OTi. The Morgan fingerprint density at radius 1 is 0.711 bits per heavy atom. The van der Waals surface area contributed by atoms with Crippen molar-refractivity contribution in [1.29, 1.82) is 0 Å². The fourth-order valence-electron chi connectivity index (χ4n) is 4.69. The summed E-state index contributed by atoms with van der Waals surface area (Å²) in [6, 6.07) is 17.3. The van der Waals surface area contributed by atoms with E-state index < -0.39 is 0 Å². The van der Waals surface area contributed by atoms with Gasteiger partial charge in [0.15, 0.2) is 0 Å². The standard InChI is InChI=1S/C21H37.C12H10O.CH2.2ClH.Ti/c1-5-9-13-18-17-19(14-10-6-2)21(16-12-8-4)20(18)15-11-7-3;13-12-8-4-7-11(9-12)10-5-2-1-3-6-10;;;;/h18H,5-16H2,1-4H3;1-9,13H;1H2;2*1H;/q-1;;;;;+1. The molecule has 211 valence electrons. The van der Waals surface area contributed by atoms with E-state index in [1.165, 1.54) is 77.0 Å². The minimum absolute atomic E-state index is 0. The van der Waals surface area contributed by atoms with Crippen molar-refractivity contribution in [1.82, 2.24) is 0 Å². The fourth-order valence-corrected chi connectivity index (χ4v) is 4.69. The zero-order valence-electron chi connectivity index (χ0n) is 24.2. The van der Waals surface area contributed by atoms with E-state index >= 15 is 0 Å². The van der Waals surface area contributed by atoms with Gasteiger partial charge in [0.05, 0.1) is 0 Å². The summed E-state index contributed by atoms with van der Waals surface area (Å²) in [5, 5.41) is 9.27. The van der Waals surface area contributed by atoms with Gasteiger partial charge in [-0.3, -0.25) is 6.08 Å². The Kier molecular flexibility index (Phi) is 25.6. The topological polar surface area (TPSA) is 20.2 Å². The first kappa shape index (κ1) is 39.0. The molecule has 0 amide bonds. The van der Waals surface area contributed by atoms with Gasteiger partial charge in [-0.25, -0.2) is 5.57 Å². The zero-order chi connectivity index (χ0) is 26.6. The van der Waals surface area contributed by atoms with Crippen molar-refractivity contribution in [2.75, 3.05) is 0 Å². The summed E-state index contributed by atoms with van der Waals surface area (Å²) in [4.78, 5) is 3.25. The predicted molar refractivity (Wildman–Crippen MR) is 171 cm³/mol. The van der Waals surface area contributed by atoms with Crippen LogP contribution in [0.15, 0.2) is 71.3 Å². The normalized spacial score (nSPS) is 13.7. The summed E-state index contributed by atoms with van der Waals surface area (Å²) in [6.45, 7) is 9.24. The van der Waals surface area contributed by atoms with E-state index in [1.807, 2.05) is 42.5 Å². The molecule has 1 aliphatic carbocycles. The summed E-state index contributed by atoms with van der Waals surface area (Å²) in [5.74, 6) is 0.969. The molecule has 1 aliphatic rings. The Bertz CT molecular complexity index is 908. The van der Waals surface area contributed by atoms with Gasteiger partial charge >= 0.3 is 24.8 Å². The first-order valence-electron chi connectivity index (χ1n) is 14.2. The van der Waals surface area contributed by atoms with Crippen molar-refractivity contribution >= 4 is 29.6 Å². The van der Waals surface area contributed by atoms with Gasteiger partial charge in [-0.2, -0.15) is 11.1 Å². The molecule has 0 bridgehead atoms. The van der Waals surface area contributed by atoms with Crippen molar-refractivity contribution in [3.8, 4) is 16.9 Å². The maximum atomic E-state index is 9.27. The fraction of sp³-hybridized carbons (Fsp3) is 0.500. The second-order valence-electron chi connectivity index (χ2n) is 9.55. The van der Waals surface area contributed by atoms with Crippen LogP contribution in [0.25, 0.3) is 11.1 Å². The number of aromatic hydroxyl groups is 1. The van der Waals surface area contributed by atoms with Gasteiger partial charge in [-0.1, -0.05) is 147 Å². The van der Waals surface area contributed by atoms with Gasteiger partial charge in [-0.15, -0.1) is 24.8 Å². The Morgan fingerprint density at radius 2 is 1.26 bits per heavy atom. The van der Waals surface area contributed by atoms with Crippen molar-refractivity contribution in [3.63, 3.8) is 0 Å². The molecule has 4 heteroatoms. The number of hydrogen-bond donors (Lipinski definition) is 1. The number of rotatable bonds is 13. The second-order valence-corrected chi connectivity index (χ2v) is 9.55. The SMILES string of the molecule is CCCCC1=[C-]C(CCCC)C(CCCC)=C1CCCC.Cl.Cl.Oc1cccc(-c2ccccc2)c1.[CH2]=[Ti+]. The third-order valence-electron chi connectivity index (χ3n) is 6.68. The van der Waals surface area contributed by atoms with E-state index in [0.29, 0.717) is 11.7 Å². The Morgan fingerprint density at radius 3 is 1.84 bits per heavy atom. The molecule has 2 aromatic rings. The van der Waals surface area contributed by atoms with E-state index in [-0.39, 0.29) is 24.8 Å². The van der Waals surface area contributed by atoms with Crippen LogP contribution in [0.1, 0.15) is 105 Å². The minimum atomic E-state index is 0. The number of phenols is 1. The Labute approximate surface area is 258 Å². The number of benzene rings is 2. The van der Waals surface area contributed by atoms with Crippen LogP contribution in [-0.2, 0) is 20.0 Å². The number of allylic oxidation sites excluding steroid dienone is 4. The third-order valence-corrected chi connectivity index (χ3v) is 6.68. The quantitative estimate of drug-likeness (QED) is 0.181. The van der Waals surface area contributed by atoms with E-state index in [2.05, 4.69) is 38.6 Å². The molecule has 0 fully saturated rings. The molecule has 0 spiro atoms. The van der Waals surface area contributed by atoms with Crippen LogP contribution >= 0.6 is 24.8 Å². The molecular weight excluding hydrogens is 543 g/mol. The first-order valence-corrected chi connectivity index (χ1v) is 15.3. The van der Waals surface area contributed by atoms with E-state index in [1.54, 1.807) is 48.8 Å². The zero-order valence-corrected chi connectivity index (χ0v) is 27.4. The van der Waals surface area contributed by atoms with Crippen LogP contribution in [-0.4, -0.2) is 9.92 Å². The molecule has 0 saturated carbocycles. The van der Waals surface area contributed by atoms with Crippen molar-refractivity contribution < 1.29 is 25.1 Å². The van der Waals surface area contributed by atoms with Gasteiger partial charge in [0.1, 0.15) is 5.75 Å². The first-order chi connectivity index (χ1) is 17.6. The molecule has 3 rings (SSSR count). The molecule has 1 N–H and O–H groups in total. The molecule has 0 radical (unpaired) electrons. The molecule has 2 aromatic carbocycles. The molecule has 38 heavy (non-hydrogen) atoms. The molecule has 1 atom stereocenters. The summed E-state index contributed by atoms with van der Waals surface area (Å²) in [7, 11) is 0. The van der Waals surface area contributed by atoms with Crippen LogP contribution in [0, 0.1) is 12.0 Å². The summed E-state index contributed by atoms with van der Waals surface area (Å²) >= 11 is 1.75. The summed E-state index contributed by atoms with van der Waals surface area (Å²) in [6.07, 6.45) is 19.8. The summed E-state index contributed by atoms with van der Waals surface area (Å²) < 4.78 is 0. The van der Waals surface area contributed by atoms with Crippen LogP contribution in [0.2, 0.25) is 0 Å². The van der Waals surface area contributed by atoms with E-state index in [4.69, 9.17) is 0 Å². The second kappa shape index (κ2) is 24.9. The van der Waals surface area contributed by atoms with Crippen LogP contribution in [0.3, 0.4) is 0 Å². The molecule has 0 saturated heterocycles. The van der Waals surface area contributed by atoms with Gasteiger partial charge in [0, 0.05) is 0 Å². The van der Waals surface area contributed by atoms with Crippen LogP contribution in [0.4, 0.5) is 0 Å². The van der Waals surface area contributed by atoms with Crippen molar-refractivity contribution in [2.24, 2.45) is 5.92 Å². The summed E-state index contributed by atoms with van der Waals surface area (Å²) in [5.41, 5.74) is 7.29. The molecule has 1 unspecified atom stereocenters. The van der Waals surface area contributed by atoms with E-state index in [9.17, 15) is 5.11 Å². The number of hydrogen-bond acceptors (Lipinski definition) is 1. The van der Waals surface area contributed by atoms with Crippen molar-refractivity contribution in [2.45, 2.75) is 105 Å². The van der Waals surface area contributed by atoms with Crippen LogP contribution in [0.5, 0.6) is 5.75 Å². The molecule has 0 aliphatic heterocycles. The average Bonchev–Trinajstić information content (AvgIpc) is 3.26. The van der Waals surface area contributed by atoms with Crippen molar-refractivity contribution in [3.05, 3.63) is 77.4 Å². The molecule has 1 nitrogen and oxygen atoms in total. The Balaban J connectivity index is 0. The number of halogens is 2. The average molecular weight is 595 g/mol. The monoisotopic (exact) mass is 593 g/mol. The van der Waals surface area contributed by atoms with Gasteiger partial charge in [0.25, 0.3) is 0 Å². The maximum absolute atomic E-state index is 9.27. The van der Waals surface area contributed by atoms with Gasteiger partial charge in [-0.05, 0) is 29.7 Å². The molecule has 0 aromatic heterocycles. The van der Waals surface area contributed by atoms with Gasteiger partial charge in [0.2, 0.25) is 0 Å². The molecule has 0 heterocycles. The predicted octanol–water partition coefficient (Wildman–Crippen LogP) is 11.3. The van der Waals surface area contributed by atoms with Crippen LogP contribution < -0.4 is 0 Å². The number of phenolic OH excluding ortho intramolecular Hbond substituents is 1. The van der Waals surface area contributed by atoms with E-state index in [0.717, 1.165) is 11.1 Å².